The number of rotatable bonds is 4. The van der Waals surface area contributed by atoms with Crippen LogP contribution >= 0.6 is 11.5 Å². The monoisotopic (exact) mass is 298 g/mol. The Kier molecular flexibility index (Phi) is 3.87. The first-order valence-corrected chi connectivity index (χ1v) is 7.53. The Morgan fingerprint density at radius 3 is 3.05 bits per heavy atom. The lowest BCUT2D eigenvalue weighted by molar-refractivity contribution is 0.102. The molecule has 1 aromatic carbocycles. The highest BCUT2D eigenvalue weighted by Crippen LogP contribution is 2.23. The maximum absolute atomic E-state index is 12.4. The van der Waals surface area contributed by atoms with Crippen molar-refractivity contribution in [2.24, 2.45) is 0 Å². The normalized spacial score (nSPS) is 10.7. The molecule has 0 atom stereocenters. The van der Waals surface area contributed by atoms with Crippen molar-refractivity contribution in [1.82, 2.24) is 14.6 Å². The first kappa shape index (κ1) is 13.6. The summed E-state index contributed by atoms with van der Waals surface area (Å²) in [4.78, 5) is 17.3. The highest BCUT2D eigenvalue weighted by Gasteiger charge is 2.16. The van der Waals surface area contributed by atoms with E-state index in [1.165, 1.54) is 0 Å². The van der Waals surface area contributed by atoms with E-state index in [0.29, 0.717) is 4.88 Å². The van der Waals surface area contributed by atoms with E-state index in [4.69, 9.17) is 0 Å². The molecule has 0 unspecified atom stereocenters. The van der Waals surface area contributed by atoms with Gasteiger partial charge >= 0.3 is 0 Å². The zero-order valence-electron chi connectivity index (χ0n) is 11.5. The largest absolute Gasteiger partial charge is 0.321 e. The molecule has 0 radical (unpaired) electrons. The molecule has 0 bridgehead atoms. The van der Waals surface area contributed by atoms with E-state index in [2.05, 4.69) is 26.8 Å². The van der Waals surface area contributed by atoms with Crippen LogP contribution in [0.25, 0.3) is 10.9 Å². The van der Waals surface area contributed by atoms with Gasteiger partial charge in [-0.2, -0.15) is 0 Å². The Hall–Kier alpha value is -2.34. The summed E-state index contributed by atoms with van der Waals surface area (Å²) in [7, 11) is 0. The van der Waals surface area contributed by atoms with Crippen LogP contribution in [0, 0.1) is 0 Å². The zero-order chi connectivity index (χ0) is 14.7. The van der Waals surface area contributed by atoms with Crippen molar-refractivity contribution < 1.29 is 4.79 Å². The fraction of sp³-hybridized carbons (Fsp3) is 0.200. The molecule has 3 aromatic rings. The van der Waals surface area contributed by atoms with Crippen molar-refractivity contribution in [3.8, 4) is 0 Å². The molecule has 1 N–H and O–H groups in total. The second kappa shape index (κ2) is 5.97. The molecule has 0 aliphatic heterocycles. The maximum atomic E-state index is 12.4. The summed E-state index contributed by atoms with van der Waals surface area (Å²) in [6.45, 7) is 2.05. The molecular weight excluding hydrogens is 284 g/mol. The van der Waals surface area contributed by atoms with Crippen molar-refractivity contribution in [3.05, 3.63) is 47.1 Å². The molecule has 0 aliphatic rings. The average Bonchev–Trinajstić information content (AvgIpc) is 2.96. The molecular formula is C15H14N4OS. The van der Waals surface area contributed by atoms with Gasteiger partial charge < -0.3 is 5.32 Å². The quantitative estimate of drug-likeness (QED) is 0.802. The summed E-state index contributed by atoms with van der Waals surface area (Å²) in [6, 6.07) is 9.46. The zero-order valence-corrected chi connectivity index (χ0v) is 12.4. The number of benzene rings is 1. The second-order valence-corrected chi connectivity index (χ2v) is 5.38. The third-order valence-electron chi connectivity index (χ3n) is 3.14. The number of nitrogens with one attached hydrogen (secondary N) is 1. The first-order chi connectivity index (χ1) is 10.3. The topological polar surface area (TPSA) is 67.8 Å². The summed E-state index contributed by atoms with van der Waals surface area (Å²) in [6.07, 6.45) is 3.43. The van der Waals surface area contributed by atoms with Gasteiger partial charge in [0.05, 0.1) is 16.9 Å². The number of nitrogens with zero attached hydrogens (tertiary/aromatic N) is 3. The molecule has 3 rings (SSSR count). The van der Waals surface area contributed by atoms with Gasteiger partial charge in [0.15, 0.2) is 0 Å². The number of hydrogen-bond acceptors (Lipinski definition) is 5. The van der Waals surface area contributed by atoms with Gasteiger partial charge in [-0.05, 0) is 42.2 Å². The van der Waals surface area contributed by atoms with Crippen LogP contribution in [0.2, 0.25) is 0 Å². The summed E-state index contributed by atoms with van der Waals surface area (Å²) in [5, 5.41) is 7.88. The third-order valence-corrected chi connectivity index (χ3v) is 3.91. The van der Waals surface area contributed by atoms with Crippen LogP contribution in [0.1, 0.15) is 28.7 Å². The molecule has 0 spiro atoms. The Labute approximate surface area is 126 Å². The highest BCUT2D eigenvalue weighted by molar-refractivity contribution is 7.08. The minimum atomic E-state index is -0.162. The van der Waals surface area contributed by atoms with Crippen LogP contribution in [0.15, 0.2) is 36.5 Å². The van der Waals surface area contributed by atoms with E-state index in [9.17, 15) is 4.79 Å². The number of fused-ring (bicyclic) bond motifs is 1. The lowest BCUT2D eigenvalue weighted by atomic mass is 10.1. The Bertz CT molecular complexity index is 779. The predicted molar refractivity (Wildman–Crippen MR) is 83.6 cm³/mol. The van der Waals surface area contributed by atoms with Crippen molar-refractivity contribution in [2.75, 3.05) is 5.32 Å². The molecule has 2 aromatic heterocycles. The number of amides is 1. The van der Waals surface area contributed by atoms with Crippen molar-refractivity contribution in [1.29, 1.82) is 0 Å². The summed E-state index contributed by atoms with van der Waals surface area (Å²) < 4.78 is 3.88. The summed E-state index contributed by atoms with van der Waals surface area (Å²) in [5.74, 6) is -0.162. The smallest absolute Gasteiger partial charge is 0.269 e. The van der Waals surface area contributed by atoms with Crippen molar-refractivity contribution >= 4 is 34.0 Å². The lowest BCUT2D eigenvalue weighted by Crippen LogP contribution is -2.12. The number of aromatic nitrogens is 3. The summed E-state index contributed by atoms with van der Waals surface area (Å²) in [5.41, 5.74) is 2.37. The van der Waals surface area contributed by atoms with Crippen LogP contribution in [0.3, 0.4) is 0 Å². The Balaban J connectivity index is 1.91. The van der Waals surface area contributed by atoms with Crippen LogP contribution in [-0.4, -0.2) is 20.5 Å². The minimum absolute atomic E-state index is 0.162. The van der Waals surface area contributed by atoms with Gasteiger partial charge in [0.1, 0.15) is 4.88 Å². The van der Waals surface area contributed by atoms with Crippen molar-refractivity contribution in [2.45, 2.75) is 19.8 Å². The molecule has 2 heterocycles. The molecule has 1 amide bonds. The number of carbonyl (C=O) groups excluding carboxylic acids is 1. The van der Waals surface area contributed by atoms with Crippen LogP contribution in [0.5, 0.6) is 0 Å². The summed E-state index contributed by atoms with van der Waals surface area (Å²) >= 11 is 1.13. The van der Waals surface area contributed by atoms with E-state index in [1.54, 1.807) is 6.20 Å². The molecule has 106 valence electrons. The van der Waals surface area contributed by atoms with E-state index in [-0.39, 0.29) is 5.91 Å². The molecule has 0 aliphatic carbocycles. The fourth-order valence-electron chi connectivity index (χ4n) is 2.17. The van der Waals surface area contributed by atoms with Crippen LogP contribution in [0.4, 0.5) is 5.69 Å². The van der Waals surface area contributed by atoms with Gasteiger partial charge in [-0.15, -0.1) is 5.10 Å². The maximum Gasteiger partial charge on any atom is 0.269 e. The molecule has 0 saturated carbocycles. The van der Waals surface area contributed by atoms with Gasteiger partial charge in [0.2, 0.25) is 0 Å². The molecule has 0 fully saturated rings. The number of aryl methyl sites for hydroxylation is 1. The molecule has 0 saturated heterocycles. The molecule has 5 nitrogen and oxygen atoms in total. The Morgan fingerprint density at radius 1 is 1.29 bits per heavy atom. The first-order valence-electron chi connectivity index (χ1n) is 6.76. The SMILES string of the molecule is CCCc1nnsc1C(=O)Nc1cccc2ncccc12. The Morgan fingerprint density at radius 2 is 2.19 bits per heavy atom. The van der Waals surface area contributed by atoms with Gasteiger partial charge in [-0.25, -0.2) is 0 Å². The number of hydrogen-bond donors (Lipinski definition) is 1. The fourth-order valence-corrected chi connectivity index (χ4v) is 2.78. The van der Waals surface area contributed by atoms with Gasteiger partial charge in [0.25, 0.3) is 5.91 Å². The number of carbonyl (C=O) groups is 1. The van der Waals surface area contributed by atoms with E-state index in [0.717, 1.165) is 46.7 Å². The minimum Gasteiger partial charge on any atom is -0.321 e. The van der Waals surface area contributed by atoms with Crippen LogP contribution in [-0.2, 0) is 6.42 Å². The average molecular weight is 298 g/mol. The molecule has 21 heavy (non-hydrogen) atoms. The predicted octanol–water partition coefficient (Wildman–Crippen LogP) is 3.29. The van der Waals surface area contributed by atoms with Gasteiger partial charge in [-0.3, -0.25) is 9.78 Å². The number of pyridine rings is 1. The lowest BCUT2D eigenvalue weighted by Gasteiger charge is -2.07. The second-order valence-electron chi connectivity index (χ2n) is 4.63. The van der Waals surface area contributed by atoms with E-state index >= 15 is 0 Å². The van der Waals surface area contributed by atoms with Crippen LogP contribution < -0.4 is 5.32 Å². The highest BCUT2D eigenvalue weighted by atomic mass is 32.1. The van der Waals surface area contributed by atoms with E-state index < -0.39 is 0 Å². The van der Waals surface area contributed by atoms with Gasteiger partial charge in [-0.1, -0.05) is 23.9 Å². The van der Waals surface area contributed by atoms with Crippen molar-refractivity contribution in [3.63, 3.8) is 0 Å². The molecule has 6 heteroatoms. The number of anilines is 1. The standard InChI is InChI=1S/C15H14N4OS/c1-2-5-13-14(21-19-18-13)15(20)17-12-8-3-7-11-10(12)6-4-9-16-11/h3-4,6-9H,2,5H2,1H3,(H,17,20). The van der Waals surface area contributed by atoms with Gasteiger partial charge in [0, 0.05) is 11.6 Å². The third kappa shape index (κ3) is 2.75. The van der Waals surface area contributed by atoms with E-state index in [1.807, 2.05) is 30.3 Å².